The quantitative estimate of drug-likeness (QED) is 0.247. The molecule has 3 aromatic rings. The summed E-state index contributed by atoms with van der Waals surface area (Å²) in [4.78, 5) is 19.4. The van der Waals surface area contributed by atoms with E-state index in [1.807, 2.05) is 55.4 Å². The van der Waals surface area contributed by atoms with Gasteiger partial charge in [0.1, 0.15) is 5.15 Å². The number of carbonyl (C=O) groups is 1. The summed E-state index contributed by atoms with van der Waals surface area (Å²) in [5.74, 6) is -0.166. The first-order chi connectivity index (χ1) is 13.4. The zero-order valence-corrected chi connectivity index (χ0v) is 17.6. The van der Waals surface area contributed by atoms with Crippen LogP contribution in [0, 0.1) is 0 Å². The van der Waals surface area contributed by atoms with Crippen LogP contribution in [0.15, 0.2) is 58.0 Å². The van der Waals surface area contributed by atoms with Crippen LogP contribution in [0.1, 0.15) is 5.56 Å². The highest BCUT2D eigenvalue weighted by Gasteiger charge is 2.12. The number of nitrogens with one attached hydrogen (secondary N) is 1. The van der Waals surface area contributed by atoms with E-state index in [0.717, 1.165) is 21.2 Å². The summed E-state index contributed by atoms with van der Waals surface area (Å²) in [6.07, 6.45) is 3.54. The lowest BCUT2D eigenvalue weighted by Gasteiger charge is -2.11. The van der Waals surface area contributed by atoms with Gasteiger partial charge in [0.2, 0.25) is 5.91 Å². The fourth-order valence-corrected chi connectivity index (χ4v) is 3.78. The summed E-state index contributed by atoms with van der Waals surface area (Å²) in [5.41, 5.74) is 1.40. The smallest absolute Gasteiger partial charge is 0.228 e. The summed E-state index contributed by atoms with van der Waals surface area (Å²) in [6, 6.07) is 12.9. The molecule has 0 saturated carbocycles. The van der Waals surface area contributed by atoms with Crippen molar-refractivity contribution in [2.45, 2.75) is 11.3 Å². The average Bonchev–Trinajstić information content (AvgIpc) is 2.64. The van der Waals surface area contributed by atoms with Crippen molar-refractivity contribution < 1.29 is 4.79 Å². The number of amides is 1. The number of carbonyl (C=O) groups excluding carboxylic acids is 1. The number of anilines is 1. The molecule has 8 heteroatoms. The lowest BCUT2D eigenvalue weighted by molar-refractivity contribution is -0.115. The molecule has 2 aromatic carbocycles. The number of aromatic nitrogens is 1. The van der Waals surface area contributed by atoms with E-state index in [9.17, 15) is 4.79 Å². The molecule has 0 aliphatic heterocycles. The molecule has 0 radical (unpaired) electrons. The van der Waals surface area contributed by atoms with E-state index in [0.29, 0.717) is 15.9 Å². The largest absolute Gasteiger partial charge is 0.368 e. The first-order valence-corrected chi connectivity index (χ1v) is 9.95. The van der Waals surface area contributed by atoms with E-state index in [-0.39, 0.29) is 12.3 Å². The van der Waals surface area contributed by atoms with E-state index >= 15 is 0 Å². The zero-order valence-electron chi connectivity index (χ0n) is 15.3. The van der Waals surface area contributed by atoms with Gasteiger partial charge in [0, 0.05) is 58.6 Å². The molecule has 5 nitrogen and oxygen atoms in total. The number of fused-ring (bicyclic) bond motifs is 1. The van der Waals surface area contributed by atoms with Crippen molar-refractivity contribution in [2.24, 2.45) is 4.40 Å². The molecule has 1 aromatic heterocycles. The maximum absolute atomic E-state index is 12.5. The second-order valence-corrected chi connectivity index (χ2v) is 7.86. The Kier molecular flexibility index (Phi) is 6.78. The molecule has 1 amide bonds. The minimum absolute atomic E-state index is 0.166. The van der Waals surface area contributed by atoms with Gasteiger partial charge in [-0.15, -0.1) is 0 Å². The standard InChI is InChI=1S/C20H18Cl2N4OS/c1-26(2)12-24-28-18-11-14(10-16-15(18)7-8-23-20(16)22)25-19(27)9-13-5-3-4-6-17(13)21/h3-8,10-12H,9H2,1-2H3,(H,25,27)/b24-12+. The molecule has 1 N–H and O–H groups in total. The summed E-state index contributed by atoms with van der Waals surface area (Å²) in [6.45, 7) is 0. The Labute approximate surface area is 177 Å². The molecule has 0 fully saturated rings. The Morgan fingerprint density at radius 1 is 1.21 bits per heavy atom. The monoisotopic (exact) mass is 432 g/mol. The van der Waals surface area contributed by atoms with Crippen molar-refractivity contribution in [3.05, 3.63) is 64.4 Å². The van der Waals surface area contributed by atoms with Gasteiger partial charge < -0.3 is 10.2 Å². The van der Waals surface area contributed by atoms with Crippen LogP contribution in [0.25, 0.3) is 10.8 Å². The molecule has 0 spiro atoms. The Hall–Kier alpha value is -2.28. The van der Waals surface area contributed by atoms with Crippen LogP contribution in [0.5, 0.6) is 0 Å². The second kappa shape index (κ2) is 9.28. The molecule has 0 aliphatic carbocycles. The van der Waals surface area contributed by atoms with Crippen LogP contribution in [0.2, 0.25) is 10.2 Å². The van der Waals surface area contributed by atoms with Crippen LogP contribution in [0.4, 0.5) is 5.69 Å². The van der Waals surface area contributed by atoms with Gasteiger partial charge in [-0.25, -0.2) is 9.38 Å². The molecule has 144 valence electrons. The lowest BCUT2D eigenvalue weighted by Crippen LogP contribution is -2.14. The fourth-order valence-electron chi connectivity index (χ4n) is 2.56. The van der Waals surface area contributed by atoms with Crippen molar-refractivity contribution in [3.8, 4) is 0 Å². The highest BCUT2D eigenvalue weighted by molar-refractivity contribution is 7.98. The van der Waals surface area contributed by atoms with Crippen molar-refractivity contribution in [2.75, 3.05) is 19.4 Å². The highest BCUT2D eigenvalue weighted by Crippen LogP contribution is 2.34. The molecular weight excluding hydrogens is 415 g/mol. The average molecular weight is 433 g/mol. The van der Waals surface area contributed by atoms with Gasteiger partial charge >= 0.3 is 0 Å². The van der Waals surface area contributed by atoms with Crippen molar-refractivity contribution >= 4 is 63.9 Å². The van der Waals surface area contributed by atoms with Crippen LogP contribution in [-0.4, -0.2) is 36.2 Å². The van der Waals surface area contributed by atoms with E-state index < -0.39 is 0 Å². The maximum Gasteiger partial charge on any atom is 0.228 e. The zero-order chi connectivity index (χ0) is 20.1. The fraction of sp³-hybridized carbons (Fsp3) is 0.150. The Morgan fingerprint density at radius 3 is 2.75 bits per heavy atom. The van der Waals surface area contributed by atoms with Gasteiger partial charge in [0.05, 0.1) is 12.8 Å². The van der Waals surface area contributed by atoms with Crippen LogP contribution >= 0.6 is 35.1 Å². The van der Waals surface area contributed by atoms with Gasteiger partial charge in [0.25, 0.3) is 0 Å². The predicted molar refractivity (Wildman–Crippen MR) is 119 cm³/mol. The molecule has 0 atom stereocenters. The first-order valence-electron chi connectivity index (χ1n) is 8.42. The maximum atomic E-state index is 12.5. The Morgan fingerprint density at radius 2 is 2.00 bits per heavy atom. The first kappa shape index (κ1) is 20.5. The summed E-state index contributed by atoms with van der Waals surface area (Å²) in [7, 11) is 3.79. The second-order valence-electron chi connectivity index (χ2n) is 6.26. The van der Waals surface area contributed by atoms with Gasteiger partial charge in [-0.3, -0.25) is 4.79 Å². The van der Waals surface area contributed by atoms with Crippen LogP contribution < -0.4 is 5.32 Å². The van der Waals surface area contributed by atoms with Gasteiger partial charge in [-0.2, -0.15) is 0 Å². The third kappa shape index (κ3) is 5.16. The number of pyridine rings is 1. The lowest BCUT2D eigenvalue weighted by atomic mass is 10.1. The molecule has 0 bridgehead atoms. The molecule has 0 unspecified atom stereocenters. The molecule has 1 heterocycles. The molecule has 28 heavy (non-hydrogen) atoms. The minimum atomic E-state index is -0.166. The number of rotatable bonds is 6. The van der Waals surface area contributed by atoms with Gasteiger partial charge in [0.15, 0.2) is 0 Å². The third-order valence-corrected chi connectivity index (χ3v) is 5.22. The molecule has 0 aliphatic rings. The van der Waals surface area contributed by atoms with Crippen molar-refractivity contribution in [1.29, 1.82) is 0 Å². The normalized spacial score (nSPS) is 11.1. The Balaban J connectivity index is 1.89. The van der Waals surface area contributed by atoms with Crippen LogP contribution in [-0.2, 0) is 11.2 Å². The predicted octanol–water partition coefficient (Wildman–Crippen LogP) is 5.32. The minimum Gasteiger partial charge on any atom is -0.368 e. The van der Waals surface area contributed by atoms with Crippen molar-refractivity contribution in [3.63, 3.8) is 0 Å². The molecule has 0 saturated heterocycles. The van der Waals surface area contributed by atoms with Crippen LogP contribution in [0.3, 0.4) is 0 Å². The third-order valence-electron chi connectivity index (χ3n) is 3.82. The number of hydrogen-bond donors (Lipinski definition) is 1. The topological polar surface area (TPSA) is 57.6 Å². The van der Waals surface area contributed by atoms with E-state index in [2.05, 4.69) is 14.7 Å². The van der Waals surface area contributed by atoms with E-state index in [1.54, 1.807) is 18.6 Å². The summed E-state index contributed by atoms with van der Waals surface area (Å²) >= 11 is 13.7. The van der Waals surface area contributed by atoms with Gasteiger partial charge in [-0.1, -0.05) is 41.4 Å². The molecule has 3 rings (SSSR count). The van der Waals surface area contributed by atoms with E-state index in [4.69, 9.17) is 23.2 Å². The molecular formula is C20H18Cl2N4OS. The van der Waals surface area contributed by atoms with Gasteiger partial charge in [-0.05, 0) is 29.8 Å². The van der Waals surface area contributed by atoms with E-state index in [1.165, 1.54) is 11.9 Å². The Bertz CT molecular complexity index is 1040. The number of nitrogens with zero attached hydrogens (tertiary/aromatic N) is 3. The van der Waals surface area contributed by atoms with Crippen molar-refractivity contribution in [1.82, 2.24) is 9.88 Å². The summed E-state index contributed by atoms with van der Waals surface area (Å²) < 4.78 is 4.34. The SMILES string of the molecule is CN(C)/C=N/Sc1cc(NC(=O)Cc2ccccc2Cl)cc2c(Cl)nccc12. The summed E-state index contributed by atoms with van der Waals surface area (Å²) in [5, 5.41) is 5.53. The number of benzene rings is 2. The number of halogens is 2. The number of hydrogen-bond acceptors (Lipinski definition) is 4. The highest BCUT2D eigenvalue weighted by atomic mass is 35.5.